The van der Waals surface area contributed by atoms with Crippen LogP contribution in [0.25, 0.3) is 0 Å². The molecular weight excluding hydrogens is 248 g/mol. The van der Waals surface area contributed by atoms with Crippen LogP contribution in [0.1, 0.15) is 25.3 Å². The number of ether oxygens (including phenoxy) is 1. The minimum atomic E-state index is 0.268. The number of hydrazine groups is 1. The van der Waals surface area contributed by atoms with Gasteiger partial charge in [-0.05, 0) is 54.9 Å². The van der Waals surface area contributed by atoms with Crippen LogP contribution in [0.15, 0.2) is 18.2 Å². The summed E-state index contributed by atoms with van der Waals surface area (Å²) in [7, 11) is 1.68. The molecule has 3 nitrogen and oxygen atoms in total. The Morgan fingerprint density at radius 3 is 2.78 bits per heavy atom. The number of methoxy groups -OCH3 is 1. The molecule has 4 heteroatoms. The molecule has 2 rings (SSSR count). The summed E-state index contributed by atoms with van der Waals surface area (Å²) in [4.78, 5) is 0. The molecule has 0 aliphatic heterocycles. The van der Waals surface area contributed by atoms with Gasteiger partial charge >= 0.3 is 0 Å². The van der Waals surface area contributed by atoms with Crippen LogP contribution in [0.2, 0.25) is 5.02 Å². The normalized spacial score (nSPS) is 18.4. The Morgan fingerprint density at radius 2 is 2.22 bits per heavy atom. The summed E-state index contributed by atoms with van der Waals surface area (Å²) in [5.41, 5.74) is 4.06. The summed E-state index contributed by atoms with van der Waals surface area (Å²) in [6.07, 6.45) is 3.50. The smallest absolute Gasteiger partial charge is 0.122 e. The van der Waals surface area contributed by atoms with Crippen molar-refractivity contribution in [2.24, 2.45) is 17.7 Å². The molecule has 0 spiro atoms. The van der Waals surface area contributed by atoms with Gasteiger partial charge in [0.15, 0.2) is 0 Å². The highest BCUT2D eigenvalue weighted by atomic mass is 35.5. The zero-order valence-electron chi connectivity index (χ0n) is 10.9. The van der Waals surface area contributed by atoms with Crippen molar-refractivity contribution in [3.8, 4) is 5.75 Å². The molecule has 2 unspecified atom stereocenters. The Labute approximate surface area is 114 Å². The fourth-order valence-electron chi connectivity index (χ4n) is 2.49. The van der Waals surface area contributed by atoms with Crippen molar-refractivity contribution in [3.63, 3.8) is 0 Å². The molecule has 1 saturated carbocycles. The van der Waals surface area contributed by atoms with Crippen molar-refractivity contribution in [2.75, 3.05) is 7.11 Å². The van der Waals surface area contributed by atoms with Crippen molar-refractivity contribution in [1.29, 1.82) is 0 Å². The Kier molecular flexibility index (Phi) is 4.49. The largest absolute Gasteiger partial charge is 0.496 e. The molecule has 1 fully saturated rings. The number of hydrogen-bond donors (Lipinski definition) is 2. The van der Waals surface area contributed by atoms with Gasteiger partial charge in [-0.3, -0.25) is 11.3 Å². The van der Waals surface area contributed by atoms with Crippen LogP contribution in [0.5, 0.6) is 5.75 Å². The van der Waals surface area contributed by atoms with Gasteiger partial charge in [-0.25, -0.2) is 0 Å². The standard InChI is InChI=1S/C14H21ClN2O/c1-9(10-3-4-10)13(17-16)8-11-7-12(15)5-6-14(11)18-2/h5-7,9-10,13,17H,3-4,8,16H2,1-2H3. The second kappa shape index (κ2) is 5.91. The van der Waals surface area contributed by atoms with E-state index in [-0.39, 0.29) is 6.04 Å². The molecule has 0 amide bonds. The van der Waals surface area contributed by atoms with Crippen LogP contribution in [0.3, 0.4) is 0 Å². The molecule has 100 valence electrons. The summed E-state index contributed by atoms with van der Waals surface area (Å²) < 4.78 is 5.37. The number of hydrogen-bond acceptors (Lipinski definition) is 3. The molecule has 0 heterocycles. The van der Waals surface area contributed by atoms with Crippen molar-refractivity contribution in [3.05, 3.63) is 28.8 Å². The van der Waals surface area contributed by atoms with Gasteiger partial charge in [-0.15, -0.1) is 0 Å². The van der Waals surface area contributed by atoms with E-state index in [0.29, 0.717) is 5.92 Å². The minimum Gasteiger partial charge on any atom is -0.496 e. The van der Waals surface area contributed by atoms with Gasteiger partial charge in [0, 0.05) is 11.1 Å². The summed E-state index contributed by atoms with van der Waals surface area (Å²) in [6.45, 7) is 2.26. The van der Waals surface area contributed by atoms with Gasteiger partial charge in [0.05, 0.1) is 7.11 Å². The molecule has 0 radical (unpaired) electrons. The lowest BCUT2D eigenvalue weighted by Gasteiger charge is -2.24. The molecular formula is C14H21ClN2O. The zero-order chi connectivity index (χ0) is 13.1. The number of nitrogens with one attached hydrogen (secondary N) is 1. The van der Waals surface area contributed by atoms with Gasteiger partial charge in [0.2, 0.25) is 0 Å². The van der Waals surface area contributed by atoms with Crippen LogP contribution in [-0.2, 0) is 6.42 Å². The van der Waals surface area contributed by atoms with Crippen LogP contribution in [0.4, 0.5) is 0 Å². The fraction of sp³-hybridized carbons (Fsp3) is 0.571. The average Bonchev–Trinajstić information content (AvgIpc) is 3.19. The lowest BCUT2D eigenvalue weighted by atomic mass is 9.91. The molecule has 0 saturated heterocycles. The zero-order valence-corrected chi connectivity index (χ0v) is 11.7. The lowest BCUT2D eigenvalue weighted by molar-refractivity contribution is 0.337. The van der Waals surface area contributed by atoms with Crippen molar-refractivity contribution in [2.45, 2.75) is 32.2 Å². The second-order valence-corrected chi connectivity index (χ2v) is 5.57. The number of nitrogens with two attached hydrogens (primary N) is 1. The highest BCUT2D eigenvalue weighted by molar-refractivity contribution is 6.30. The third kappa shape index (κ3) is 3.16. The van der Waals surface area contributed by atoms with E-state index in [4.69, 9.17) is 22.2 Å². The minimum absolute atomic E-state index is 0.268. The molecule has 2 atom stereocenters. The maximum absolute atomic E-state index is 6.05. The van der Waals surface area contributed by atoms with Crippen molar-refractivity contribution < 1.29 is 4.74 Å². The number of halogens is 1. The maximum Gasteiger partial charge on any atom is 0.122 e. The highest BCUT2D eigenvalue weighted by Crippen LogP contribution is 2.39. The first kappa shape index (κ1) is 13.7. The van der Waals surface area contributed by atoms with E-state index in [2.05, 4.69) is 12.3 Å². The van der Waals surface area contributed by atoms with Crippen molar-refractivity contribution >= 4 is 11.6 Å². The Morgan fingerprint density at radius 1 is 1.50 bits per heavy atom. The molecule has 3 N–H and O–H groups in total. The van der Waals surface area contributed by atoms with E-state index >= 15 is 0 Å². The van der Waals surface area contributed by atoms with Crippen LogP contribution in [-0.4, -0.2) is 13.2 Å². The summed E-state index contributed by atoms with van der Waals surface area (Å²) >= 11 is 6.05. The van der Waals surface area contributed by atoms with E-state index in [9.17, 15) is 0 Å². The van der Waals surface area contributed by atoms with E-state index in [1.54, 1.807) is 7.11 Å². The predicted molar refractivity (Wildman–Crippen MR) is 74.7 cm³/mol. The number of rotatable bonds is 6. The summed E-state index contributed by atoms with van der Waals surface area (Å²) in [6, 6.07) is 5.99. The average molecular weight is 269 g/mol. The first-order valence-electron chi connectivity index (χ1n) is 6.44. The Balaban J connectivity index is 2.12. The highest BCUT2D eigenvalue weighted by Gasteiger charge is 2.33. The van der Waals surface area contributed by atoms with Gasteiger partial charge in [0.1, 0.15) is 5.75 Å². The first-order chi connectivity index (χ1) is 8.65. The van der Waals surface area contributed by atoms with E-state index in [0.717, 1.165) is 28.7 Å². The predicted octanol–water partition coefficient (Wildman–Crippen LogP) is 2.77. The Hall–Kier alpha value is -0.770. The van der Waals surface area contributed by atoms with Crippen molar-refractivity contribution in [1.82, 2.24) is 5.43 Å². The van der Waals surface area contributed by atoms with Crippen LogP contribution < -0.4 is 16.0 Å². The maximum atomic E-state index is 6.05. The van der Waals surface area contributed by atoms with Crippen LogP contribution in [0, 0.1) is 11.8 Å². The van der Waals surface area contributed by atoms with E-state index in [1.165, 1.54) is 12.8 Å². The SMILES string of the molecule is COc1ccc(Cl)cc1CC(NN)C(C)C1CC1. The number of benzene rings is 1. The van der Waals surface area contributed by atoms with Crippen LogP contribution >= 0.6 is 11.6 Å². The fourth-order valence-corrected chi connectivity index (χ4v) is 2.69. The van der Waals surface area contributed by atoms with Gasteiger partial charge in [-0.1, -0.05) is 18.5 Å². The lowest BCUT2D eigenvalue weighted by Crippen LogP contribution is -2.42. The first-order valence-corrected chi connectivity index (χ1v) is 6.82. The third-order valence-electron chi connectivity index (χ3n) is 3.90. The Bertz CT molecular complexity index is 407. The van der Waals surface area contributed by atoms with E-state index < -0.39 is 0 Å². The monoisotopic (exact) mass is 268 g/mol. The van der Waals surface area contributed by atoms with Gasteiger partial charge in [0.25, 0.3) is 0 Å². The summed E-state index contributed by atoms with van der Waals surface area (Å²) in [5, 5.41) is 0.737. The molecule has 1 aromatic rings. The second-order valence-electron chi connectivity index (χ2n) is 5.13. The quantitative estimate of drug-likeness (QED) is 0.616. The van der Waals surface area contributed by atoms with Gasteiger partial charge in [-0.2, -0.15) is 0 Å². The van der Waals surface area contributed by atoms with Gasteiger partial charge < -0.3 is 4.74 Å². The molecule has 1 aromatic carbocycles. The summed E-state index contributed by atoms with van der Waals surface area (Å²) in [5.74, 6) is 7.97. The molecule has 0 aromatic heterocycles. The molecule has 18 heavy (non-hydrogen) atoms. The molecule has 0 bridgehead atoms. The topological polar surface area (TPSA) is 47.3 Å². The molecule has 1 aliphatic carbocycles. The molecule has 1 aliphatic rings. The van der Waals surface area contributed by atoms with E-state index in [1.807, 2.05) is 18.2 Å². The third-order valence-corrected chi connectivity index (χ3v) is 4.13.